The average Bonchev–Trinajstić information content (AvgIpc) is 3.20. The summed E-state index contributed by atoms with van der Waals surface area (Å²) in [7, 11) is 1.61. The van der Waals surface area contributed by atoms with E-state index in [4.69, 9.17) is 9.72 Å². The molecule has 0 fully saturated rings. The van der Waals surface area contributed by atoms with Gasteiger partial charge in [0, 0.05) is 14.9 Å². The van der Waals surface area contributed by atoms with Crippen molar-refractivity contribution < 1.29 is 9.53 Å². The van der Waals surface area contributed by atoms with E-state index in [1.807, 2.05) is 36.4 Å². The van der Waals surface area contributed by atoms with Crippen LogP contribution in [0.1, 0.15) is 34.1 Å². The first-order valence-corrected chi connectivity index (χ1v) is 13.7. The van der Waals surface area contributed by atoms with Crippen molar-refractivity contribution in [1.29, 1.82) is 0 Å². The Morgan fingerprint density at radius 2 is 1.94 bits per heavy atom. The van der Waals surface area contributed by atoms with Crippen LogP contribution in [-0.2, 0) is 12.8 Å². The second-order valence-corrected chi connectivity index (χ2v) is 11.4. The minimum Gasteiger partial charge on any atom is -0.497 e. The van der Waals surface area contributed by atoms with Gasteiger partial charge >= 0.3 is 0 Å². The molecule has 1 unspecified atom stereocenters. The Bertz CT molecular complexity index is 1430. The molecular weight excluding hydrogens is 532 g/mol. The average molecular weight is 556 g/mol. The van der Waals surface area contributed by atoms with Gasteiger partial charge in [-0.2, -0.15) is 0 Å². The maximum absolute atomic E-state index is 13.9. The predicted molar refractivity (Wildman–Crippen MR) is 142 cm³/mol. The Hall–Kier alpha value is -2.42. The van der Waals surface area contributed by atoms with E-state index in [1.54, 1.807) is 35.1 Å². The normalized spacial score (nSPS) is 15.3. The highest BCUT2D eigenvalue weighted by atomic mass is 79.9. The van der Waals surface area contributed by atoms with Gasteiger partial charge in [-0.1, -0.05) is 46.7 Å². The lowest BCUT2D eigenvalue weighted by Gasteiger charge is -2.18. The first-order chi connectivity index (χ1) is 16.4. The molecule has 2 aromatic carbocycles. The highest BCUT2D eigenvalue weighted by Gasteiger charge is 2.25. The summed E-state index contributed by atoms with van der Waals surface area (Å²) in [6, 6.07) is 14.7. The van der Waals surface area contributed by atoms with Crippen molar-refractivity contribution in [2.75, 3.05) is 12.9 Å². The van der Waals surface area contributed by atoms with Crippen LogP contribution in [0.15, 0.2) is 63.0 Å². The van der Waals surface area contributed by atoms with Crippen LogP contribution >= 0.6 is 39.0 Å². The molecule has 5 rings (SSSR count). The van der Waals surface area contributed by atoms with Crippen molar-refractivity contribution in [3.05, 3.63) is 79.4 Å². The van der Waals surface area contributed by atoms with Crippen molar-refractivity contribution in [1.82, 2.24) is 9.55 Å². The van der Waals surface area contributed by atoms with Gasteiger partial charge in [0.15, 0.2) is 10.9 Å². The van der Waals surface area contributed by atoms with E-state index in [0.29, 0.717) is 28.1 Å². The topological polar surface area (TPSA) is 61.2 Å². The number of carbonyl (C=O) groups is 1. The van der Waals surface area contributed by atoms with E-state index in [1.165, 1.54) is 16.6 Å². The van der Waals surface area contributed by atoms with Gasteiger partial charge in [0.05, 0.1) is 23.9 Å². The van der Waals surface area contributed by atoms with Gasteiger partial charge in [-0.05, 0) is 67.1 Å². The molecule has 4 aromatic rings. The zero-order chi connectivity index (χ0) is 23.8. The Kier molecular flexibility index (Phi) is 6.64. The monoisotopic (exact) mass is 554 g/mol. The maximum atomic E-state index is 13.9. The van der Waals surface area contributed by atoms with Crippen molar-refractivity contribution in [3.63, 3.8) is 0 Å². The lowest BCUT2D eigenvalue weighted by molar-refractivity contribution is 0.102. The minimum atomic E-state index is -0.0687. The van der Waals surface area contributed by atoms with Gasteiger partial charge in [-0.3, -0.25) is 14.2 Å². The van der Waals surface area contributed by atoms with Gasteiger partial charge in [-0.15, -0.1) is 11.3 Å². The van der Waals surface area contributed by atoms with E-state index in [2.05, 4.69) is 22.9 Å². The number of ketones is 1. The third kappa shape index (κ3) is 4.46. The van der Waals surface area contributed by atoms with Crippen LogP contribution in [0.2, 0.25) is 0 Å². The van der Waals surface area contributed by atoms with Gasteiger partial charge < -0.3 is 4.74 Å². The first kappa shape index (κ1) is 23.3. The summed E-state index contributed by atoms with van der Waals surface area (Å²) in [5, 5.41) is 1.26. The van der Waals surface area contributed by atoms with Crippen molar-refractivity contribution >= 4 is 55.0 Å². The van der Waals surface area contributed by atoms with Crippen molar-refractivity contribution in [3.8, 4) is 11.4 Å². The van der Waals surface area contributed by atoms with E-state index in [9.17, 15) is 9.59 Å². The zero-order valence-corrected chi connectivity index (χ0v) is 22.1. The number of methoxy groups -OCH3 is 1. The lowest BCUT2D eigenvalue weighted by Crippen LogP contribution is -2.23. The molecule has 0 aliphatic heterocycles. The SMILES string of the molecule is COc1ccc(-n2c(SCC(=O)c3ccc(Br)cc3)nc3sc4c(c3c2=O)CCC(C)C4)cc1. The zero-order valence-electron chi connectivity index (χ0n) is 18.8. The second-order valence-electron chi connectivity index (χ2n) is 8.48. The van der Waals surface area contributed by atoms with Crippen LogP contribution in [-0.4, -0.2) is 28.2 Å². The highest BCUT2D eigenvalue weighted by molar-refractivity contribution is 9.10. The first-order valence-electron chi connectivity index (χ1n) is 11.1. The fourth-order valence-corrected chi connectivity index (χ4v) is 6.87. The van der Waals surface area contributed by atoms with Crippen molar-refractivity contribution in [2.24, 2.45) is 5.92 Å². The smallest absolute Gasteiger partial charge is 0.267 e. The summed E-state index contributed by atoms with van der Waals surface area (Å²) in [5.74, 6) is 1.51. The maximum Gasteiger partial charge on any atom is 0.267 e. The molecule has 2 heterocycles. The molecule has 0 bridgehead atoms. The Labute approximate surface area is 214 Å². The fourth-order valence-electron chi connectivity index (χ4n) is 4.28. The van der Waals surface area contributed by atoms with Gasteiger partial charge in [0.1, 0.15) is 10.6 Å². The molecule has 1 aliphatic rings. The molecule has 1 aliphatic carbocycles. The van der Waals surface area contributed by atoms with Crippen molar-refractivity contribution in [2.45, 2.75) is 31.3 Å². The summed E-state index contributed by atoms with van der Waals surface area (Å²) in [4.78, 5) is 33.7. The predicted octanol–water partition coefficient (Wildman–Crippen LogP) is 6.32. The van der Waals surface area contributed by atoms with Crippen LogP contribution < -0.4 is 10.3 Å². The number of nitrogens with zero attached hydrogens (tertiary/aromatic N) is 2. The molecule has 0 amide bonds. The largest absolute Gasteiger partial charge is 0.497 e. The summed E-state index contributed by atoms with van der Waals surface area (Å²) >= 11 is 6.33. The molecule has 2 aromatic heterocycles. The molecule has 0 saturated carbocycles. The molecule has 8 heteroatoms. The molecular formula is C26H23BrN2O3S2. The molecule has 0 spiro atoms. The van der Waals surface area contributed by atoms with Crippen LogP contribution in [0.5, 0.6) is 5.75 Å². The van der Waals surface area contributed by atoms with E-state index in [-0.39, 0.29) is 17.1 Å². The number of fused-ring (bicyclic) bond motifs is 3. The number of halogens is 1. The number of aryl methyl sites for hydroxylation is 1. The summed E-state index contributed by atoms with van der Waals surface area (Å²) in [6.45, 7) is 2.26. The van der Waals surface area contributed by atoms with Crippen LogP contribution in [0, 0.1) is 5.92 Å². The van der Waals surface area contributed by atoms with Gasteiger partial charge in [0.2, 0.25) is 0 Å². The molecule has 5 nitrogen and oxygen atoms in total. The molecule has 1 atom stereocenters. The highest BCUT2D eigenvalue weighted by Crippen LogP contribution is 2.37. The number of thiophene rings is 1. The second kappa shape index (κ2) is 9.68. The van der Waals surface area contributed by atoms with E-state index >= 15 is 0 Å². The van der Waals surface area contributed by atoms with E-state index in [0.717, 1.165) is 39.5 Å². The lowest BCUT2D eigenvalue weighted by atomic mass is 9.89. The molecule has 0 radical (unpaired) electrons. The number of hydrogen-bond donors (Lipinski definition) is 0. The quantitative estimate of drug-likeness (QED) is 0.158. The Balaban J connectivity index is 1.59. The number of Topliss-reactive ketones (excluding diaryl/α,β-unsaturated/α-hetero) is 1. The standard InChI is InChI=1S/C26H23BrN2O3S2/c1-15-3-12-20-22(13-15)34-24-23(20)25(31)29(18-8-10-19(32-2)11-9-18)26(28-24)33-14-21(30)16-4-6-17(27)7-5-16/h4-11,15H,3,12-14H2,1-2H3. The summed E-state index contributed by atoms with van der Waals surface area (Å²) in [5.41, 5.74) is 2.43. The Morgan fingerprint density at radius 1 is 1.21 bits per heavy atom. The molecule has 0 saturated heterocycles. The number of carbonyl (C=O) groups excluding carboxylic acids is 1. The summed E-state index contributed by atoms with van der Waals surface area (Å²) < 4.78 is 7.86. The third-order valence-electron chi connectivity index (χ3n) is 6.13. The van der Waals surface area contributed by atoms with Crippen LogP contribution in [0.3, 0.4) is 0 Å². The number of thioether (sulfide) groups is 1. The third-order valence-corrected chi connectivity index (χ3v) is 8.74. The van der Waals surface area contributed by atoms with E-state index < -0.39 is 0 Å². The molecule has 34 heavy (non-hydrogen) atoms. The number of rotatable bonds is 6. The molecule has 174 valence electrons. The van der Waals surface area contributed by atoms with Gasteiger partial charge in [0.25, 0.3) is 5.56 Å². The number of benzene rings is 2. The minimum absolute atomic E-state index is 0.00701. The summed E-state index contributed by atoms with van der Waals surface area (Å²) in [6.07, 6.45) is 2.98. The number of hydrogen-bond acceptors (Lipinski definition) is 6. The fraction of sp³-hybridized carbons (Fsp3) is 0.269. The number of ether oxygens (including phenoxy) is 1. The molecule has 0 N–H and O–H groups in total. The van der Waals surface area contributed by atoms with Crippen LogP contribution in [0.4, 0.5) is 0 Å². The number of aromatic nitrogens is 2. The van der Waals surface area contributed by atoms with Crippen LogP contribution in [0.25, 0.3) is 15.9 Å². The Morgan fingerprint density at radius 3 is 2.65 bits per heavy atom. The van der Waals surface area contributed by atoms with Gasteiger partial charge in [-0.25, -0.2) is 4.98 Å².